The molecule has 1 aromatic heterocycles. The van der Waals surface area contributed by atoms with E-state index in [0.717, 1.165) is 44.3 Å². The molecular weight excluding hydrogens is 391 g/mol. The highest BCUT2D eigenvalue weighted by Crippen LogP contribution is 2.36. The Hall–Kier alpha value is -2.40. The van der Waals surface area contributed by atoms with E-state index in [0.29, 0.717) is 23.5 Å². The van der Waals surface area contributed by atoms with Gasteiger partial charge in [-0.1, -0.05) is 32.0 Å². The number of nitrogens with zero attached hydrogens (tertiary/aromatic N) is 1. The number of nitrogens with one attached hydrogen (secondary N) is 1. The van der Waals surface area contributed by atoms with Crippen molar-refractivity contribution in [2.45, 2.75) is 64.3 Å². The molecule has 0 bridgehead atoms. The van der Waals surface area contributed by atoms with Crippen molar-refractivity contribution in [3.8, 4) is 0 Å². The molecule has 4 rings (SSSR count). The molecule has 1 N–H and O–H groups in total. The van der Waals surface area contributed by atoms with E-state index < -0.39 is 0 Å². The molecule has 0 unspecified atom stereocenters. The molecule has 1 saturated carbocycles. The zero-order valence-electron chi connectivity index (χ0n) is 18.6. The Morgan fingerprint density at radius 3 is 2.55 bits per heavy atom. The van der Waals surface area contributed by atoms with Gasteiger partial charge in [-0.15, -0.1) is 0 Å². The van der Waals surface area contributed by atoms with Crippen molar-refractivity contribution >= 4 is 11.1 Å². The number of hydrogen-bond donors (Lipinski definition) is 1. The van der Waals surface area contributed by atoms with Crippen LogP contribution in [0.15, 0.2) is 51.7 Å². The van der Waals surface area contributed by atoms with Gasteiger partial charge >= 0.3 is 5.76 Å². The molecule has 3 aromatic rings. The largest absolute Gasteiger partial charge is 0.417 e. The monoisotopic (exact) mass is 424 g/mol. The Morgan fingerprint density at radius 1 is 1.10 bits per heavy atom. The fourth-order valence-electron chi connectivity index (χ4n) is 5.02. The van der Waals surface area contributed by atoms with Gasteiger partial charge in [0.1, 0.15) is 5.82 Å². The molecule has 2 aromatic carbocycles. The van der Waals surface area contributed by atoms with Crippen molar-refractivity contribution in [3.63, 3.8) is 0 Å². The number of benzene rings is 2. The van der Waals surface area contributed by atoms with Crippen LogP contribution in [0, 0.1) is 11.7 Å². The Kier molecular flexibility index (Phi) is 6.91. The number of aryl methyl sites for hydroxylation is 1. The van der Waals surface area contributed by atoms with E-state index in [9.17, 15) is 9.18 Å². The second kappa shape index (κ2) is 9.82. The van der Waals surface area contributed by atoms with Crippen molar-refractivity contribution in [3.05, 3.63) is 70.0 Å². The highest BCUT2D eigenvalue weighted by atomic mass is 19.1. The summed E-state index contributed by atoms with van der Waals surface area (Å²) in [4.78, 5) is 16.8. The first-order valence-corrected chi connectivity index (χ1v) is 11.6. The normalized spacial score (nSPS) is 19.5. The SMILES string of the molecule is CC(C)CN(CCCc1ccc(F)cc1)C1CCC(c2ccc3[nH]c(=O)oc3c2)CC1. The smallest absolute Gasteiger partial charge is 0.408 e. The van der Waals surface area contributed by atoms with Gasteiger partial charge in [0.2, 0.25) is 0 Å². The predicted molar refractivity (Wildman–Crippen MR) is 123 cm³/mol. The summed E-state index contributed by atoms with van der Waals surface area (Å²) in [6, 6.07) is 13.7. The zero-order chi connectivity index (χ0) is 21.8. The molecule has 0 radical (unpaired) electrons. The average Bonchev–Trinajstić information content (AvgIpc) is 3.13. The van der Waals surface area contributed by atoms with E-state index >= 15 is 0 Å². The number of H-pyrrole nitrogens is 1. The number of hydrogen-bond acceptors (Lipinski definition) is 3. The Bertz CT molecular complexity index is 1030. The minimum Gasteiger partial charge on any atom is -0.408 e. The molecule has 0 aliphatic heterocycles. The fourth-order valence-corrected chi connectivity index (χ4v) is 5.02. The Labute approximate surface area is 183 Å². The van der Waals surface area contributed by atoms with E-state index in [4.69, 9.17) is 4.42 Å². The number of aromatic nitrogens is 1. The lowest BCUT2D eigenvalue weighted by atomic mass is 9.81. The van der Waals surface area contributed by atoms with Crippen molar-refractivity contribution < 1.29 is 8.81 Å². The van der Waals surface area contributed by atoms with Crippen molar-refractivity contribution in [2.75, 3.05) is 13.1 Å². The lowest BCUT2D eigenvalue weighted by Crippen LogP contribution is -2.40. The van der Waals surface area contributed by atoms with Crippen LogP contribution < -0.4 is 5.76 Å². The van der Waals surface area contributed by atoms with Gasteiger partial charge in [0, 0.05) is 12.6 Å². The van der Waals surface area contributed by atoms with Crippen LogP contribution in [0.3, 0.4) is 0 Å². The summed E-state index contributed by atoms with van der Waals surface area (Å²) in [6.07, 6.45) is 6.81. The number of halogens is 1. The fraction of sp³-hybridized carbons (Fsp3) is 0.500. The molecule has 1 fully saturated rings. The topological polar surface area (TPSA) is 49.2 Å². The first-order chi connectivity index (χ1) is 15.0. The molecular formula is C26H33FN2O2. The molecule has 0 atom stereocenters. The Balaban J connectivity index is 1.33. The first kappa shape index (κ1) is 21.8. The molecule has 0 saturated heterocycles. The van der Waals surface area contributed by atoms with Gasteiger partial charge in [-0.25, -0.2) is 9.18 Å². The third kappa shape index (κ3) is 5.65. The second-order valence-electron chi connectivity index (χ2n) is 9.39. The van der Waals surface area contributed by atoms with Crippen LogP contribution in [0.4, 0.5) is 4.39 Å². The molecule has 31 heavy (non-hydrogen) atoms. The highest BCUT2D eigenvalue weighted by molar-refractivity contribution is 5.72. The van der Waals surface area contributed by atoms with Crippen LogP contribution in [0.1, 0.15) is 63.0 Å². The molecule has 0 amide bonds. The molecule has 5 heteroatoms. The van der Waals surface area contributed by atoms with Gasteiger partial charge in [0.05, 0.1) is 5.52 Å². The van der Waals surface area contributed by atoms with Crippen LogP contribution in [-0.2, 0) is 6.42 Å². The average molecular weight is 425 g/mol. The van der Waals surface area contributed by atoms with Crippen molar-refractivity contribution in [1.82, 2.24) is 9.88 Å². The van der Waals surface area contributed by atoms with Crippen molar-refractivity contribution in [1.29, 1.82) is 0 Å². The summed E-state index contributed by atoms with van der Waals surface area (Å²) < 4.78 is 18.4. The van der Waals surface area contributed by atoms with E-state index in [-0.39, 0.29) is 11.6 Å². The zero-order valence-corrected chi connectivity index (χ0v) is 18.6. The summed E-state index contributed by atoms with van der Waals surface area (Å²) in [5.41, 5.74) is 3.92. The van der Waals surface area contributed by atoms with Gasteiger partial charge in [-0.2, -0.15) is 0 Å². The summed E-state index contributed by atoms with van der Waals surface area (Å²) >= 11 is 0. The molecule has 0 spiro atoms. The maximum atomic E-state index is 13.1. The number of fused-ring (bicyclic) bond motifs is 1. The van der Waals surface area contributed by atoms with Crippen LogP contribution in [0.2, 0.25) is 0 Å². The van der Waals surface area contributed by atoms with E-state index in [2.05, 4.69) is 29.8 Å². The van der Waals surface area contributed by atoms with E-state index in [1.807, 2.05) is 24.3 Å². The molecule has 166 valence electrons. The summed E-state index contributed by atoms with van der Waals surface area (Å²) in [7, 11) is 0. The van der Waals surface area contributed by atoms with Crippen LogP contribution in [-0.4, -0.2) is 29.0 Å². The summed E-state index contributed by atoms with van der Waals surface area (Å²) in [5.74, 6) is 0.615. The lowest BCUT2D eigenvalue weighted by molar-refractivity contribution is 0.132. The third-order valence-electron chi connectivity index (χ3n) is 6.55. The van der Waals surface area contributed by atoms with Gasteiger partial charge in [0.25, 0.3) is 0 Å². The summed E-state index contributed by atoms with van der Waals surface area (Å²) in [6.45, 7) is 6.79. The number of aromatic amines is 1. The molecule has 4 nitrogen and oxygen atoms in total. The van der Waals surface area contributed by atoms with Gasteiger partial charge in [0.15, 0.2) is 5.58 Å². The van der Waals surface area contributed by atoms with Crippen LogP contribution >= 0.6 is 0 Å². The number of rotatable bonds is 8. The minimum atomic E-state index is -0.388. The molecule has 1 heterocycles. The minimum absolute atomic E-state index is 0.167. The maximum absolute atomic E-state index is 13.1. The van der Waals surface area contributed by atoms with Gasteiger partial charge < -0.3 is 9.32 Å². The van der Waals surface area contributed by atoms with E-state index in [1.165, 1.54) is 24.0 Å². The van der Waals surface area contributed by atoms with Gasteiger partial charge in [-0.05, 0) is 92.3 Å². The van der Waals surface area contributed by atoms with E-state index in [1.54, 1.807) is 12.1 Å². The maximum Gasteiger partial charge on any atom is 0.417 e. The second-order valence-corrected chi connectivity index (χ2v) is 9.39. The third-order valence-corrected chi connectivity index (χ3v) is 6.55. The first-order valence-electron chi connectivity index (χ1n) is 11.6. The number of oxazole rings is 1. The standard InChI is InChI=1S/C26H33FN2O2/c1-18(2)17-29(15-3-4-19-5-10-22(27)11-6-19)23-12-7-20(8-13-23)21-9-14-24-25(16-21)31-26(30)28-24/h5-6,9-11,14,16,18,20,23H,3-4,7-8,12-13,15,17H2,1-2H3,(H,28,30). The summed E-state index contributed by atoms with van der Waals surface area (Å²) in [5, 5.41) is 0. The highest BCUT2D eigenvalue weighted by Gasteiger charge is 2.27. The Morgan fingerprint density at radius 2 is 1.84 bits per heavy atom. The molecule has 1 aliphatic carbocycles. The quantitative estimate of drug-likeness (QED) is 0.491. The van der Waals surface area contributed by atoms with Crippen LogP contribution in [0.5, 0.6) is 0 Å². The van der Waals surface area contributed by atoms with Crippen molar-refractivity contribution in [2.24, 2.45) is 5.92 Å². The lowest BCUT2D eigenvalue weighted by Gasteiger charge is -2.38. The van der Waals surface area contributed by atoms with Crippen LogP contribution in [0.25, 0.3) is 11.1 Å². The van der Waals surface area contributed by atoms with Gasteiger partial charge in [-0.3, -0.25) is 4.98 Å². The predicted octanol–water partition coefficient (Wildman–Crippen LogP) is 5.88. The molecule has 1 aliphatic rings.